The van der Waals surface area contributed by atoms with E-state index in [1.165, 1.54) is 11.3 Å². The van der Waals surface area contributed by atoms with Gasteiger partial charge in [-0.2, -0.15) is 0 Å². The molecule has 0 amide bonds. The van der Waals surface area contributed by atoms with Crippen LogP contribution in [0.2, 0.25) is 0 Å². The van der Waals surface area contributed by atoms with Crippen molar-refractivity contribution in [3.05, 3.63) is 88.0 Å². The van der Waals surface area contributed by atoms with Crippen LogP contribution in [0.15, 0.2) is 65.5 Å². The second kappa shape index (κ2) is 8.24. The first-order valence-corrected chi connectivity index (χ1v) is 10.6. The summed E-state index contributed by atoms with van der Waals surface area (Å²) in [4.78, 5) is 31.6. The molecule has 2 heterocycles. The van der Waals surface area contributed by atoms with Gasteiger partial charge in [-0.05, 0) is 50.1 Å². The first kappa shape index (κ1) is 20.0. The van der Waals surface area contributed by atoms with E-state index in [2.05, 4.69) is 4.98 Å². The number of thiophene rings is 1. The smallest absolute Gasteiger partial charge is 0.338 e. The zero-order valence-corrected chi connectivity index (χ0v) is 17.9. The summed E-state index contributed by atoms with van der Waals surface area (Å²) >= 11 is 1.53. The molecule has 0 atom stereocenters. The topological polar surface area (TPSA) is 61.2 Å². The molecule has 0 saturated carbocycles. The predicted octanol–water partition coefficient (Wildman–Crippen LogP) is 5.05. The van der Waals surface area contributed by atoms with Crippen molar-refractivity contribution in [2.45, 2.75) is 33.4 Å². The second-order valence-electron chi connectivity index (χ2n) is 7.40. The molecule has 6 heteroatoms. The Balaban J connectivity index is 1.64. The van der Waals surface area contributed by atoms with Gasteiger partial charge in [0.1, 0.15) is 10.7 Å². The third-order valence-corrected chi connectivity index (χ3v) is 5.85. The summed E-state index contributed by atoms with van der Waals surface area (Å²) in [5.74, 6) is 0.317. The fourth-order valence-corrected chi connectivity index (χ4v) is 4.33. The van der Waals surface area contributed by atoms with E-state index >= 15 is 0 Å². The molecule has 0 unspecified atom stereocenters. The molecule has 0 aliphatic carbocycles. The summed E-state index contributed by atoms with van der Waals surface area (Å²) < 4.78 is 6.89. The van der Waals surface area contributed by atoms with Crippen LogP contribution in [0.5, 0.6) is 0 Å². The number of carbonyl (C=O) groups excluding carboxylic acids is 1. The van der Waals surface area contributed by atoms with Gasteiger partial charge in [-0.1, -0.05) is 42.5 Å². The molecule has 30 heavy (non-hydrogen) atoms. The zero-order chi connectivity index (χ0) is 21.3. The van der Waals surface area contributed by atoms with Crippen LogP contribution >= 0.6 is 11.3 Å². The van der Waals surface area contributed by atoms with Crippen molar-refractivity contribution in [3.63, 3.8) is 0 Å². The van der Waals surface area contributed by atoms with Crippen molar-refractivity contribution < 1.29 is 9.53 Å². The van der Waals surface area contributed by atoms with Gasteiger partial charge in [0.25, 0.3) is 5.56 Å². The van der Waals surface area contributed by atoms with E-state index in [1.54, 1.807) is 16.7 Å². The number of esters is 1. The van der Waals surface area contributed by atoms with E-state index in [4.69, 9.17) is 4.74 Å². The molecule has 0 fully saturated rings. The van der Waals surface area contributed by atoms with E-state index < -0.39 is 0 Å². The summed E-state index contributed by atoms with van der Waals surface area (Å²) in [6.45, 7) is 5.87. The van der Waals surface area contributed by atoms with Gasteiger partial charge in [0.2, 0.25) is 0 Å². The van der Waals surface area contributed by atoms with Crippen LogP contribution in [-0.4, -0.2) is 21.6 Å². The molecule has 5 nitrogen and oxygen atoms in total. The molecule has 0 spiro atoms. The number of benzene rings is 2. The molecule has 2 aromatic heterocycles. The predicted molar refractivity (Wildman–Crippen MR) is 120 cm³/mol. The number of ether oxygens (including phenoxy) is 1. The van der Waals surface area contributed by atoms with Gasteiger partial charge in [0.15, 0.2) is 0 Å². The van der Waals surface area contributed by atoms with Crippen molar-refractivity contribution in [2.24, 2.45) is 0 Å². The molecule has 0 N–H and O–H groups in total. The number of hydrogen-bond donors (Lipinski definition) is 0. The van der Waals surface area contributed by atoms with E-state index in [1.807, 2.05) is 69.3 Å². The summed E-state index contributed by atoms with van der Waals surface area (Å²) in [5.41, 5.74) is 2.43. The third-order valence-electron chi connectivity index (χ3n) is 4.77. The van der Waals surface area contributed by atoms with Crippen molar-refractivity contribution >= 4 is 27.5 Å². The Morgan fingerprint density at radius 1 is 1.10 bits per heavy atom. The maximum absolute atomic E-state index is 13.2. The molecule has 0 aliphatic rings. The normalized spacial score (nSPS) is 11.2. The largest absolute Gasteiger partial charge is 0.459 e. The Morgan fingerprint density at radius 3 is 2.47 bits per heavy atom. The SMILES string of the molecule is Cc1nc2sc(-c3ccccc3)cc2c(=O)n1Cc1ccc(C(=O)OC(C)C)cc1. The summed E-state index contributed by atoms with van der Waals surface area (Å²) in [6, 6.07) is 19.1. The van der Waals surface area contributed by atoms with Crippen LogP contribution in [0.25, 0.3) is 20.7 Å². The summed E-state index contributed by atoms with van der Waals surface area (Å²) in [6.07, 6.45) is -0.164. The molecule has 0 bridgehead atoms. The van der Waals surface area contributed by atoms with Crippen molar-refractivity contribution in [1.82, 2.24) is 9.55 Å². The fraction of sp³-hybridized carbons (Fsp3) is 0.208. The number of aryl methyl sites for hydroxylation is 1. The van der Waals surface area contributed by atoms with Gasteiger partial charge in [-0.25, -0.2) is 9.78 Å². The number of rotatable bonds is 5. The summed E-state index contributed by atoms with van der Waals surface area (Å²) in [7, 11) is 0. The average molecular weight is 419 g/mol. The fourth-order valence-electron chi connectivity index (χ4n) is 3.26. The number of aromatic nitrogens is 2. The highest BCUT2D eigenvalue weighted by Gasteiger charge is 2.14. The Labute approximate surface area is 178 Å². The third kappa shape index (κ3) is 4.04. The van der Waals surface area contributed by atoms with Crippen LogP contribution in [0, 0.1) is 6.92 Å². The van der Waals surface area contributed by atoms with Crippen molar-refractivity contribution in [3.8, 4) is 10.4 Å². The molecule has 4 aromatic rings. The van der Waals surface area contributed by atoms with Crippen LogP contribution < -0.4 is 5.56 Å². The van der Waals surface area contributed by atoms with Crippen LogP contribution in [0.4, 0.5) is 0 Å². The number of nitrogens with zero attached hydrogens (tertiary/aromatic N) is 2. The highest BCUT2D eigenvalue weighted by atomic mass is 32.1. The Hall–Kier alpha value is -3.25. The van der Waals surface area contributed by atoms with Crippen LogP contribution in [0.1, 0.15) is 35.6 Å². The quantitative estimate of drug-likeness (QED) is 0.426. The number of fused-ring (bicyclic) bond motifs is 1. The monoisotopic (exact) mass is 418 g/mol. The van der Waals surface area contributed by atoms with E-state index in [0.717, 1.165) is 20.8 Å². The van der Waals surface area contributed by atoms with Gasteiger partial charge >= 0.3 is 5.97 Å². The Morgan fingerprint density at radius 2 is 1.80 bits per heavy atom. The number of hydrogen-bond acceptors (Lipinski definition) is 5. The summed E-state index contributed by atoms with van der Waals surface area (Å²) in [5, 5.41) is 0.626. The lowest BCUT2D eigenvalue weighted by Crippen LogP contribution is -2.23. The van der Waals surface area contributed by atoms with Gasteiger partial charge in [0.05, 0.1) is 23.6 Å². The maximum atomic E-state index is 13.2. The minimum Gasteiger partial charge on any atom is -0.459 e. The first-order valence-electron chi connectivity index (χ1n) is 9.78. The lowest BCUT2D eigenvalue weighted by molar-refractivity contribution is 0.0378. The molecule has 0 radical (unpaired) electrons. The number of carbonyl (C=O) groups is 1. The van der Waals surface area contributed by atoms with E-state index in [-0.39, 0.29) is 17.6 Å². The highest BCUT2D eigenvalue weighted by molar-refractivity contribution is 7.21. The standard InChI is InChI=1S/C24H22N2O3S/c1-15(2)29-24(28)19-11-9-17(10-12-19)14-26-16(3)25-22-20(23(26)27)13-21(30-22)18-7-5-4-6-8-18/h4-13,15H,14H2,1-3H3. The van der Waals surface area contributed by atoms with Crippen LogP contribution in [-0.2, 0) is 11.3 Å². The molecular formula is C24H22N2O3S. The minimum absolute atomic E-state index is 0.0563. The van der Waals surface area contributed by atoms with E-state index in [0.29, 0.717) is 23.3 Å². The molecule has 4 rings (SSSR count). The lowest BCUT2D eigenvalue weighted by Gasteiger charge is -2.11. The average Bonchev–Trinajstić information content (AvgIpc) is 3.16. The highest BCUT2D eigenvalue weighted by Crippen LogP contribution is 2.31. The van der Waals surface area contributed by atoms with Gasteiger partial charge in [-0.3, -0.25) is 9.36 Å². The minimum atomic E-state index is -0.348. The van der Waals surface area contributed by atoms with E-state index in [9.17, 15) is 9.59 Å². The molecule has 2 aromatic carbocycles. The molecule has 0 aliphatic heterocycles. The zero-order valence-electron chi connectivity index (χ0n) is 17.1. The maximum Gasteiger partial charge on any atom is 0.338 e. The van der Waals surface area contributed by atoms with Crippen molar-refractivity contribution in [1.29, 1.82) is 0 Å². The molecule has 152 valence electrons. The van der Waals surface area contributed by atoms with Crippen molar-refractivity contribution in [2.75, 3.05) is 0 Å². The Bertz CT molecular complexity index is 1260. The van der Waals surface area contributed by atoms with Gasteiger partial charge in [-0.15, -0.1) is 11.3 Å². The molecular weight excluding hydrogens is 396 g/mol. The second-order valence-corrected chi connectivity index (χ2v) is 8.43. The van der Waals surface area contributed by atoms with Crippen LogP contribution in [0.3, 0.4) is 0 Å². The lowest BCUT2D eigenvalue weighted by atomic mass is 10.1. The van der Waals surface area contributed by atoms with Gasteiger partial charge < -0.3 is 4.74 Å². The molecule has 0 saturated heterocycles. The Kier molecular flexibility index (Phi) is 5.50. The van der Waals surface area contributed by atoms with Gasteiger partial charge in [0, 0.05) is 4.88 Å². The first-order chi connectivity index (χ1) is 14.4.